The van der Waals surface area contributed by atoms with Gasteiger partial charge in [0.2, 0.25) is 0 Å². The van der Waals surface area contributed by atoms with Gasteiger partial charge < -0.3 is 10.4 Å². The highest BCUT2D eigenvalue weighted by molar-refractivity contribution is 4.92. The van der Waals surface area contributed by atoms with Gasteiger partial charge in [0, 0.05) is 18.2 Å². The van der Waals surface area contributed by atoms with Crippen LogP contribution in [0.15, 0.2) is 0 Å². The minimum atomic E-state index is 0.142. The molecule has 1 fully saturated rings. The van der Waals surface area contributed by atoms with E-state index in [1.54, 1.807) is 0 Å². The summed E-state index contributed by atoms with van der Waals surface area (Å²) in [6, 6.07) is 0.503. The van der Waals surface area contributed by atoms with Gasteiger partial charge in [-0.1, -0.05) is 33.1 Å². The third-order valence-electron chi connectivity index (χ3n) is 3.76. The molecule has 2 N–H and O–H groups in total. The van der Waals surface area contributed by atoms with Gasteiger partial charge in [-0.15, -0.1) is 0 Å². The SMILES string of the molecule is CC(C)NC(C)(CCO)C1CCCCC1. The summed E-state index contributed by atoms with van der Waals surface area (Å²) in [7, 11) is 0. The van der Waals surface area contributed by atoms with Crippen molar-refractivity contribution in [2.24, 2.45) is 5.92 Å². The zero-order chi connectivity index (χ0) is 11.3. The molecule has 2 heteroatoms. The van der Waals surface area contributed by atoms with Crippen LogP contribution >= 0.6 is 0 Å². The second-order valence-electron chi connectivity index (χ2n) is 5.53. The Morgan fingerprint density at radius 1 is 1.27 bits per heavy atom. The number of aliphatic hydroxyl groups excluding tert-OH is 1. The van der Waals surface area contributed by atoms with E-state index in [1.165, 1.54) is 32.1 Å². The van der Waals surface area contributed by atoms with Crippen LogP contribution in [0, 0.1) is 5.92 Å². The largest absolute Gasteiger partial charge is 0.396 e. The fourth-order valence-electron chi connectivity index (χ4n) is 3.03. The topological polar surface area (TPSA) is 32.3 Å². The first-order valence-electron chi connectivity index (χ1n) is 6.47. The maximum absolute atomic E-state index is 9.21. The highest BCUT2D eigenvalue weighted by atomic mass is 16.3. The number of hydrogen-bond acceptors (Lipinski definition) is 2. The summed E-state index contributed by atoms with van der Waals surface area (Å²) in [5.41, 5.74) is 0.142. The van der Waals surface area contributed by atoms with E-state index in [2.05, 4.69) is 26.1 Å². The lowest BCUT2D eigenvalue weighted by Crippen LogP contribution is -2.52. The molecule has 1 rings (SSSR count). The second kappa shape index (κ2) is 5.86. The molecule has 0 aliphatic heterocycles. The molecule has 0 heterocycles. The van der Waals surface area contributed by atoms with Gasteiger partial charge in [-0.05, 0) is 32.1 Å². The smallest absolute Gasteiger partial charge is 0.0448 e. The predicted octanol–water partition coefficient (Wildman–Crippen LogP) is 2.71. The summed E-state index contributed by atoms with van der Waals surface area (Å²) in [6.07, 6.45) is 7.67. The number of aliphatic hydroxyl groups is 1. The van der Waals surface area contributed by atoms with Crippen LogP contribution in [-0.2, 0) is 0 Å². The molecule has 0 saturated heterocycles. The third kappa shape index (κ3) is 3.76. The van der Waals surface area contributed by atoms with Gasteiger partial charge in [0.15, 0.2) is 0 Å². The van der Waals surface area contributed by atoms with E-state index in [-0.39, 0.29) is 5.54 Å². The average Bonchev–Trinajstić information content (AvgIpc) is 2.18. The van der Waals surface area contributed by atoms with E-state index in [0.717, 1.165) is 12.3 Å². The van der Waals surface area contributed by atoms with Crippen LogP contribution < -0.4 is 5.32 Å². The molecule has 1 aliphatic rings. The van der Waals surface area contributed by atoms with Gasteiger partial charge >= 0.3 is 0 Å². The van der Waals surface area contributed by atoms with E-state index in [4.69, 9.17) is 0 Å². The first-order valence-corrected chi connectivity index (χ1v) is 6.47. The van der Waals surface area contributed by atoms with E-state index < -0.39 is 0 Å². The fraction of sp³-hybridized carbons (Fsp3) is 1.00. The molecule has 0 aromatic heterocycles. The molecule has 1 atom stereocenters. The van der Waals surface area contributed by atoms with Gasteiger partial charge in [0.1, 0.15) is 0 Å². The molecule has 1 saturated carbocycles. The van der Waals surface area contributed by atoms with E-state index >= 15 is 0 Å². The Labute approximate surface area is 94.5 Å². The summed E-state index contributed by atoms with van der Waals surface area (Å²) < 4.78 is 0. The van der Waals surface area contributed by atoms with Crippen molar-refractivity contribution in [2.45, 2.75) is 70.9 Å². The van der Waals surface area contributed by atoms with Crippen LogP contribution in [0.4, 0.5) is 0 Å². The summed E-state index contributed by atoms with van der Waals surface area (Å²) >= 11 is 0. The summed E-state index contributed by atoms with van der Waals surface area (Å²) in [5.74, 6) is 0.751. The molecule has 0 bridgehead atoms. The molecular weight excluding hydrogens is 186 g/mol. The monoisotopic (exact) mass is 213 g/mol. The Kier molecular flexibility index (Phi) is 5.07. The highest BCUT2D eigenvalue weighted by Crippen LogP contribution is 2.34. The lowest BCUT2D eigenvalue weighted by atomic mass is 9.74. The zero-order valence-corrected chi connectivity index (χ0v) is 10.6. The van der Waals surface area contributed by atoms with Crippen molar-refractivity contribution in [3.63, 3.8) is 0 Å². The number of rotatable bonds is 5. The summed E-state index contributed by atoms with van der Waals surface area (Å²) in [4.78, 5) is 0. The maximum atomic E-state index is 9.21. The van der Waals surface area contributed by atoms with Crippen LogP contribution in [0.3, 0.4) is 0 Å². The van der Waals surface area contributed by atoms with Gasteiger partial charge in [-0.25, -0.2) is 0 Å². The lowest BCUT2D eigenvalue weighted by Gasteiger charge is -2.42. The van der Waals surface area contributed by atoms with Crippen LogP contribution in [-0.4, -0.2) is 23.3 Å². The molecule has 1 unspecified atom stereocenters. The molecule has 0 spiro atoms. The normalized spacial score (nSPS) is 23.0. The Bertz CT molecular complexity index is 175. The molecule has 2 nitrogen and oxygen atoms in total. The van der Waals surface area contributed by atoms with Crippen LogP contribution in [0.5, 0.6) is 0 Å². The number of nitrogens with one attached hydrogen (secondary N) is 1. The Morgan fingerprint density at radius 3 is 2.33 bits per heavy atom. The first kappa shape index (κ1) is 13.0. The quantitative estimate of drug-likeness (QED) is 0.736. The van der Waals surface area contributed by atoms with Crippen LogP contribution in [0.2, 0.25) is 0 Å². The third-order valence-corrected chi connectivity index (χ3v) is 3.76. The minimum Gasteiger partial charge on any atom is -0.396 e. The van der Waals surface area contributed by atoms with Gasteiger partial charge in [0.05, 0.1) is 0 Å². The predicted molar refractivity (Wildman–Crippen MR) is 65.0 cm³/mol. The molecule has 15 heavy (non-hydrogen) atoms. The van der Waals surface area contributed by atoms with Gasteiger partial charge in [-0.2, -0.15) is 0 Å². The van der Waals surface area contributed by atoms with Crippen molar-refractivity contribution in [1.82, 2.24) is 5.32 Å². The van der Waals surface area contributed by atoms with E-state index in [0.29, 0.717) is 12.6 Å². The number of hydrogen-bond donors (Lipinski definition) is 2. The van der Waals surface area contributed by atoms with Crippen molar-refractivity contribution in [2.75, 3.05) is 6.61 Å². The molecule has 90 valence electrons. The standard InChI is InChI=1S/C13H27NO/c1-11(2)14-13(3,9-10-15)12-7-5-4-6-8-12/h11-12,14-15H,4-10H2,1-3H3. The zero-order valence-electron chi connectivity index (χ0n) is 10.6. The molecule has 0 radical (unpaired) electrons. The molecule has 0 aromatic carbocycles. The minimum absolute atomic E-state index is 0.142. The lowest BCUT2D eigenvalue weighted by molar-refractivity contribution is 0.125. The van der Waals surface area contributed by atoms with Gasteiger partial charge in [-0.3, -0.25) is 0 Å². The second-order valence-corrected chi connectivity index (χ2v) is 5.53. The van der Waals surface area contributed by atoms with Crippen LogP contribution in [0.1, 0.15) is 59.3 Å². The van der Waals surface area contributed by atoms with Crippen molar-refractivity contribution in [3.05, 3.63) is 0 Å². The summed E-state index contributed by atoms with van der Waals surface area (Å²) in [6.45, 7) is 6.98. The fourth-order valence-corrected chi connectivity index (χ4v) is 3.03. The Balaban J connectivity index is 2.60. The molecule has 0 amide bonds. The Hall–Kier alpha value is -0.0800. The van der Waals surface area contributed by atoms with Crippen LogP contribution in [0.25, 0.3) is 0 Å². The van der Waals surface area contributed by atoms with Crippen molar-refractivity contribution >= 4 is 0 Å². The molecule has 0 aromatic rings. The van der Waals surface area contributed by atoms with Crippen molar-refractivity contribution < 1.29 is 5.11 Å². The summed E-state index contributed by atoms with van der Waals surface area (Å²) in [5, 5.41) is 12.9. The Morgan fingerprint density at radius 2 is 1.87 bits per heavy atom. The van der Waals surface area contributed by atoms with Crippen molar-refractivity contribution in [3.8, 4) is 0 Å². The molecule has 1 aliphatic carbocycles. The maximum Gasteiger partial charge on any atom is 0.0448 e. The van der Waals surface area contributed by atoms with Gasteiger partial charge in [0.25, 0.3) is 0 Å². The first-order chi connectivity index (χ1) is 7.08. The van der Waals surface area contributed by atoms with Crippen molar-refractivity contribution in [1.29, 1.82) is 0 Å². The van der Waals surface area contributed by atoms with E-state index in [1.807, 2.05) is 0 Å². The highest BCUT2D eigenvalue weighted by Gasteiger charge is 2.34. The van der Waals surface area contributed by atoms with E-state index in [9.17, 15) is 5.11 Å². The molecular formula is C13H27NO. The average molecular weight is 213 g/mol.